The van der Waals surface area contributed by atoms with Gasteiger partial charge < -0.3 is 0 Å². The highest BCUT2D eigenvalue weighted by Gasteiger charge is 2.18. The maximum atomic E-state index is 2.33. The Morgan fingerprint density at radius 1 is 1.31 bits per heavy atom. The van der Waals surface area contributed by atoms with E-state index in [4.69, 9.17) is 0 Å². The van der Waals surface area contributed by atoms with Gasteiger partial charge in [0.25, 0.3) is 0 Å². The van der Waals surface area contributed by atoms with Gasteiger partial charge in [-0.3, -0.25) is 0 Å². The molecule has 0 saturated heterocycles. The molecule has 0 nitrogen and oxygen atoms in total. The first-order valence-corrected chi connectivity index (χ1v) is 5.49. The SMILES string of the molecule is CCC[C@@H]1CCCc2ccccc21. The second-order valence-electron chi connectivity index (χ2n) is 4.08. The molecule has 1 aliphatic carbocycles. The fraction of sp³-hybridized carbons (Fsp3) is 0.538. The van der Waals surface area contributed by atoms with Gasteiger partial charge in [0.15, 0.2) is 0 Å². The Balaban J connectivity index is 2.26. The first kappa shape index (κ1) is 8.80. The molecule has 0 aromatic heterocycles. The van der Waals surface area contributed by atoms with Gasteiger partial charge in [-0.2, -0.15) is 0 Å². The molecule has 0 unspecified atom stereocenters. The highest BCUT2D eigenvalue weighted by Crippen LogP contribution is 2.34. The largest absolute Gasteiger partial charge is 0.0654 e. The van der Waals surface area contributed by atoms with E-state index in [0.717, 1.165) is 5.92 Å². The third-order valence-electron chi connectivity index (χ3n) is 3.13. The minimum Gasteiger partial charge on any atom is -0.0654 e. The van der Waals surface area contributed by atoms with Gasteiger partial charge in [0.2, 0.25) is 0 Å². The molecule has 0 N–H and O–H groups in total. The standard InChI is InChI=1S/C13H18/c1-2-6-11-8-5-9-12-7-3-4-10-13(11)12/h3-4,7,10-11H,2,5-6,8-9H2,1H3/t11-/m1/s1. The molecule has 0 amide bonds. The average molecular weight is 174 g/mol. The van der Waals surface area contributed by atoms with Gasteiger partial charge in [-0.05, 0) is 42.7 Å². The van der Waals surface area contributed by atoms with E-state index in [1.54, 1.807) is 11.1 Å². The quantitative estimate of drug-likeness (QED) is 0.637. The van der Waals surface area contributed by atoms with Crippen LogP contribution in [0.25, 0.3) is 0 Å². The van der Waals surface area contributed by atoms with Crippen molar-refractivity contribution in [1.82, 2.24) is 0 Å². The van der Waals surface area contributed by atoms with Crippen LogP contribution in [0.5, 0.6) is 0 Å². The molecule has 0 saturated carbocycles. The Labute approximate surface area is 81.0 Å². The molecule has 70 valence electrons. The van der Waals surface area contributed by atoms with Crippen LogP contribution in [0.4, 0.5) is 0 Å². The van der Waals surface area contributed by atoms with Crippen molar-refractivity contribution >= 4 is 0 Å². The van der Waals surface area contributed by atoms with Crippen molar-refractivity contribution in [2.45, 2.75) is 44.9 Å². The van der Waals surface area contributed by atoms with Crippen LogP contribution in [0.15, 0.2) is 24.3 Å². The summed E-state index contributed by atoms with van der Waals surface area (Å²) in [5.41, 5.74) is 3.24. The van der Waals surface area contributed by atoms with Crippen molar-refractivity contribution in [1.29, 1.82) is 0 Å². The third kappa shape index (κ3) is 1.77. The predicted octanol–water partition coefficient (Wildman–Crippen LogP) is 3.91. The van der Waals surface area contributed by atoms with Crippen LogP contribution in [-0.4, -0.2) is 0 Å². The van der Waals surface area contributed by atoms with Crippen LogP contribution in [0.3, 0.4) is 0 Å². The minimum absolute atomic E-state index is 0.856. The molecule has 1 aromatic carbocycles. The van der Waals surface area contributed by atoms with Crippen LogP contribution < -0.4 is 0 Å². The lowest BCUT2D eigenvalue weighted by Crippen LogP contribution is -2.09. The molecular weight excluding hydrogens is 156 g/mol. The van der Waals surface area contributed by atoms with Crippen LogP contribution in [0, 0.1) is 0 Å². The maximum absolute atomic E-state index is 2.33. The highest BCUT2D eigenvalue weighted by molar-refractivity contribution is 5.32. The lowest BCUT2D eigenvalue weighted by Gasteiger charge is -2.24. The molecule has 2 rings (SSSR count). The van der Waals surface area contributed by atoms with Crippen LogP contribution in [-0.2, 0) is 6.42 Å². The second-order valence-corrected chi connectivity index (χ2v) is 4.08. The van der Waals surface area contributed by atoms with Crippen molar-refractivity contribution in [3.05, 3.63) is 35.4 Å². The summed E-state index contributed by atoms with van der Waals surface area (Å²) in [7, 11) is 0. The van der Waals surface area contributed by atoms with E-state index < -0.39 is 0 Å². The van der Waals surface area contributed by atoms with Gasteiger partial charge in [-0.1, -0.05) is 37.6 Å². The van der Waals surface area contributed by atoms with Crippen LogP contribution in [0.1, 0.15) is 49.7 Å². The Bertz CT molecular complexity index is 275. The molecule has 0 bridgehead atoms. The molecule has 0 fully saturated rings. The summed E-state index contributed by atoms with van der Waals surface area (Å²) in [6, 6.07) is 8.99. The third-order valence-corrected chi connectivity index (χ3v) is 3.13. The maximum Gasteiger partial charge on any atom is -0.0159 e. The monoisotopic (exact) mass is 174 g/mol. The molecule has 0 spiro atoms. The topological polar surface area (TPSA) is 0 Å². The van der Waals surface area contributed by atoms with Crippen LogP contribution in [0.2, 0.25) is 0 Å². The van der Waals surface area contributed by atoms with Gasteiger partial charge in [0, 0.05) is 0 Å². The molecule has 0 heteroatoms. The van der Waals surface area contributed by atoms with Gasteiger partial charge >= 0.3 is 0 Å². The van der Waals surface area contributed by atoms with E-state index in [0.29, 0.717) is 0 Å². The van der Waals surface area contributed by atoms with Gasteiger partial charge in [-0.15, -0.1) is 0 Å². The molecule has 1 aromatic rings. The van der Waals surface area contributed by atoms with E-state index in [1.165, 1.54) is 32.1 Å². The zero-order valence-corrected chi connectivity index (χ0v) is 8.42. The Kier molecular flexibility index (Phi) is 2.68. The predicted molar refractivity (Wildman–Crippen MR) is 57.0 cm³/mol. The zero-order valence-electron chi connectivity index (χ0n) is 8.42. The second kappa shape index (κ2) is 3.95. The van der Waals surface area contributed by atoms with Crippen molar-refractivity contribution in [3.63, 3.8) is 0 Å². The van der Waals surface area contributed by atoms with Crippen molar-refractivity contribution in [2.75, 3.05) is 0 Å². The molecule has 0 radical (unpaired) electrons. The first-order chi connectivity index (χ1) is 6.42. The van der Waals surface area contributed by atoms with Gasteiger partial charge in [0.1, 0.15) is 0 Å². The van der Waals surface area contributed by atoms with E-state index >= 15 is 0 Å². The molecular formula is C13H18. The number of fused-ring (bicyclic) bond motifs is 1. The Hall–Kier alpha value is -0.780. The summed E-state index contributed by atoms with van der Waals surface area (Å²) in [6.07, 6.45) is 6.79. The van der Waals surface area contributed by atoms with E-state index in [1.807, 2.05) is 0 Å². The minimum atomic E-state index is 0.856. The van der Waals surface area contributed by atoms with E-state index in [-0.39, 0.29) is 0 Å². The fourth-order valence-corrected chi connectivity index (χ4v) is 2.50. The smallest absolute Gasteiger partial charge is 0.0159 e. The normalized spacial score (nSPS) is 21.2. The van der Waals surface area contributed by atoms with Crippen LogP contribution >= 0.6 is 0 Å². The van der Waals surface area contributed by atoms with Crippen molar-refractivity contribution < 1.29 is 0 Å². The lowest BCUT2D eigenvalue weighted by molar-refractivity contribution is 0.515. The summed E-state index contributed by atoms with van der Waals surface area (Å²) in [5, 5.41) is 0. The number of rotatable bonds is 2. The van der Waals surface area contributed by atoms with Crippen molar-refractivity contribution in [3.8, 4) is 0 Å². The lowest BCUT2D eigenvalue weighted by atomic mass is 9.81. The average Bonchev–Trinajstić information content (AvgIpc) is 2.19. The van der Waals surface area contributed by atoms with Crippen molar-refractivity contribution in [2.24, 2.45) is 0 Å². The number of hydrogen-bond acceptors (Lipinski definition) is 0. The summed E-state index contributed by atoms with van der Waals surface area (Å²) in [6.45, 7) is 2.29. The molecule has 1 atom stereocenters. The number of aryl methyl sites for hydroxylation is 1. The number of benzene rings is 1. The number of hydrogen-bond donors (Lipinski definition) is 0. The highest BCUT2D eigenvalue weighted by atomic mass is 14.2. The first-order valence-electron chi connectivity index (χ1n) is 5.49. The Morgan fingerprint density at radius 3 is 3.00 bits per heavy atom. The summed E-state index contributed by atoms with van der Waals surface area (Å²) in [5.74, 6) is 0.856. The molecule has 1 aliphatic rings. The zero-order chi connectivity index (χ0) is 9.10. The fourth-order valence-electron chi connectivity index (χ4n) is 2.50. The van der Waals surface area contributed by atoms with Gasteiger partial charge in [0.05, 0.1) is 0 Å². The Morgan fingerprint density at radius 2 is 2.15 bits per heavy atom. The summed E-state index contributed by atoms with van der Waals surface area (Å²) < 4.78 is 0. The molecule has 13 heavy (non-hydrogen) atoms. The summed E-state index contributed by atoms with van der Waals surface area (Å²) >= 11 is 0. The van der Waals surface area contributed by atoms with E-state index in [9.17, 15) is 0 Å². The van der Waals surface area contributed by atoms with Gasteiger partial charge in [-0.25, -0.2) is 0 Å². The molecule has 0 aliphatic heterocycles. The molecule has 0 heterocycles. The summed E-state index contributed by atoms with van der Waals surface area (Å²) in [4.78, 5) is 0. The van der Waals surface area contributed by atoms with E-state index in [2.05, 4.69) is 31.2 Å².